The van der Waals surface area contributed by atoms with Gasteiger partial charge in [0.2, 0.25) is 5.63 Å². The van der Waals surface area contributed by atoms with Crippen LogP contribution in [0.3, 0.4) is 0 Å². The Bertz CT molecular complexity index is 1240. The molecule has 11 heteroatoms. The quantitative estimate of drug-likeness (QED) is 0.363. The van der Waals surface area contributed by atoms with Gasteiger partial charge >= 0.3 is 6.18 Å². The molecule has 1 amide bonds. The van der Waals surface area contributed by atoms with E-state index in [1.807, 2.05) is 0 Å². The summed E-state index contributed by atoms with van der Waals surface area (Å²) in [7, 11) is 0. The van der Waals surface area contributed by atoms with Crippen LogP contribution in [0.1, 0.15) is 32.2 Å². The molecule has 1 atom stereocenters. The van der Waals surface area contributed by atoms with Crippen molar-refractivity contribution < 1.29 is 26.7 Å². The molecule has 0 spiro atoms. The maximum Gasteiger partial charge on any atom is 0.416 e. The molecule has 32 heavy (non-hydrogen) atoms. The molecule has 3 aromatic rings. The highest BCUT2D eigenvalue weighted by Gasteiger charge is 2.40. The van der Waals surface area contributed by atoms with Gasteiger partial charge in [-0.3, -0.25) is 9.69 Å². The lowest BCUT2D eigenvalue weighted by Crippen LogP contribution is -2.27. The summed E-state index contributed by atoms with van der Waals surface area (Å²) < 4.78 is 69.9. The number of nitrogens with two attached hydrogens (primary N) is 1. The van der Waals surface area contributed by atoms with Crippen molar-refractivity contribution in [2.45, 2.75) is 18.7 Å². The molecule has 0 bridgehead atoms. The van der Waals surface area contributed by atoms with E-state index in [-0.39, 0.29) is 27.5 Å². The molecule has 1 aliphatic heterocycles. The minimum absolute atomic E-state index is 0.00552. The average molecular weight is 483 g/mol. The number of hydrogen-bond acceptors (Lipinski definition) is 5. The van der Waals surface area contributed by atoms with Gasteiger partial charge in [-0.2, -0.15) is 13.2 Å². The van der Waals surface area contributed by atoms with Gasteiger partial charge in [0, 0.05) is 15.8 Å². The Morgan fingerprint density at radius 1 is 1.19 bits per heavy atom. The first kappa shape index (κ1) is 22.3. The molecule has 1 aromatic heterocycles. The van der Waals surface area contributed by atoms with Crippen LogP contribution in [0.2, 0.25) is 0 Å². The first-order chi connectivity index (χ1) is 15.1. The van der Waals surface area contributed by atoms with Gasteiger partial charge < -0.3 is 5.73 Å². The van der Waals surface area contributed by atoms with E-state index in [0.29, 0.717) is 35.0 Å². The van der Waals surface area contributed by atoms with Crippen molar-refractivity contribution in [1.29, 1.82) is 0 Å². The summed E-state index contributed by atoms with van der Waals surface area (Å²) in [5.74, 6) is -1.76. The number of para-hydroxylation sites is 1. The largest absolute Gasteiger partial charge is 0.416 e. The third-order valence-corrected chi connectivity index (χ3v) is 6.53. The van der Waals surface area contributed by atoms with Crippen molar-refractivity contribution in [1.82, 2.24) is 4.98 Å². The molecular formula is C21H14F5N3OS2. The molecule has 0 fully saturated rings. The summed E-state index contributed by atoms with van der Waals surface area (Å²) >= 11 is 1.77. The first-order valence-corrected chi connectivity index (χ1v) is 10.9. The number of anilines is 1. The molecule has 1 aliphatic rings. The second-order valence-corrected chi connectivity index (χ2v) is 8.88. The van der Waals surface area contributed by atoms with Gasteiger partial charge in [0.15, 0.2) is 0 Å². The summed E-state index contributed by atoms with van der Waals surface area (Å²) in [5, 5.41) is 2.21. The highest BCUT2D eigenvalue weighted by atomic mass is 32.2. The number of benzene rings is 2. The molecule has 0 aliphatic carbocycles. The van der Waals surface area contributed by atoms with E-state index >= 15 is 4.39 Å². The van der Waals surface area contributed by atoms with Gasteiger partial charge in [-0.05, 0) is 37.3 Å². The number of carbonyl (C=O) groups excluding carboxylic acids is 1. The number of aryl methyl sites for hydroxylation is 1. The molecule has 2 aromatic carbocycles. The Hall–Kier alpha value is -2.92. The molecule has 166 valence electrons. The van der Waals surface area contributed by atoms with Crippen molar-refractivity contribution in [2.24, 2.45) is 5.73 Å². The fourth-order valence-electron chi connectivity index (χ4n) is 3.32. The van der Waals surface area contributed by atoms with Crippen LogP contribution in [0.4, 0.5) is 27.6 Å². The van der Waals surface area contributed by atoms with Crippen molar-refractivity contribution in [3.8, 4) is 0 Å². The predicted molar refractivity (Wildman–Crippen MR) is 115 cm³/mol. The number of primary amides is 1. The van der Waals surface area contributed by atoms with Gasteiger partial charge in [0.05, 0.1) is 33.2 Å². The van der Waals surface area contributed by atoms with Crippen LogP contribution in [0.15, 0.2) is 47.8 Å². The number of rotatable bonds is 4. The number of amides is 1. The van der Waals surface area contributed by atoms with Crippen LogP contribution in [0, 0.1) is 12.7 Å². The highest BCUT2D eigenvalue weighted by Crippen LogP contribution is 2.52. The van der Waals surface area contributed by atoms with E-state index in [4.69, 9.17) is 5.73 Å². The summed E-state index contributed by atoms with van der Waals surface area (Å²) in [6.07, 6.45) is -4.71. The lowest BCUT2D eigenvalue weighted by atomic mass is 10.1. The van der Waals surface area contributed by atoms with E-state index in [9.17, 15) is 22.4 Å². The van der Waals surface area contributed by atoms with Crippen molar-refractivity contribution in [2.75, 3.05) is 4.90 Å². The Balaban J connectivity index is 2.00. The number of thioether (sulfide) groups is 1. The number of thiazole rings is 1. The molecule has 4 nitrogen and oxygen atoms in total. The number of carbonyl (C=O) groups is 1. The number of aromatic nitrogens is 1. The average Bonchev–Trinajstić information content (AvgIpc) is 3.30. The fraction of sp³-hybridized carbons (Fsp3) is 0.143. The summed E-state index contributed by atoms with van der Waals surface area (Å²) in [4.78, 5) is 17.3. The normalized spacial score (nSPS) is 16.7. The molecule has 0 saturated carbocycles. The van der Waals surface area contributed by atoms with E-state index in [2.05, 4.69) is 4.98 Å². The molecule has 2 heterocycles. The SMILES string of the molecule is Cc1nc(C2=C(c3cc(C(F)(F)F)ccc3F)SC(F)N2c2ccccc2C(N)=O)cs1. The minimum Gasteiger partial charge on any atom is -0.366 e. The summed E-state index contributed by atoms with van der Waals surface area (Å²) in [6.45, 7) is 1.70. The summed E-state index contributed by atoms with van der Waals surface area (Å²) in [5.41, 5.74) is 2.50. The van der Waals surface area contributed by atoms with Crippen LogP contribution in [-0.4, -0.2) is 16.5 Å². The Morgan fingerprint density at radius 2 is 1.91 bits per heavy atom. The zero-order valence-corrected chi connectivity index (χ0v) is 17.9. The van der Waals surface area contributed by atoms with E-state index < -0.39 is 34.7 Å². The number of halogens is 5. The molecule has 4 rings (SSSR count). The van der Waals surface area contributed by atoms with E-state index in [1.54, 1.807) is 24.4 Å². The van der Waals surface area contributed by atoms with Crippen LogP contribution in [-0.2, 0) is 6.18 Å². The first-order valence-electron chi connectivity index (χ1n) is 9.10. The monoisotopic (exact) mass is 483 g/mol. The van der Waals surface area contributed by atoms with E-state index in [1.165, 1.54) is 23.5 Å². The Labute approximate surface area is 187 Å². The number of nitrogens with zero attached hydrogens (tertiary/aromatic N) is 2. The van der Waals surface area contributed by atoms with Gasteiger partial charge in [0.1, 0.15) is 5.82 Å². The molecule has 2 N–H and O–H groups in total. The smallest absolute Gasteiger partial charge is 0.366 e. The van der Waals surface area contributed by atoms with Crippen LogP contribution in [0.25, 0.3) is 10.6 Å². The molecule has 0 radical (unpaired) electrons. The zero-order chi connectivity index (χ0) is 23.2. The zero-order valence-electron chi connectivity index (χ0n) is 16.3. The maximum absolute atomic E-state index is 15.4. The third-order valence-electron chi connectivity index (χ3n) is 4.70. The standard InChI is InChI=1S/C21H14F5N3OS2/c1-10-28-15(9-31-10)17-18(13-8-11(21(24,25)26)6-7-14(13)22)32-20(23)29(17)16-5-3-2-4-12(16)19(27)30/h2-9,20H,1H3,(H2,27,30). The van der Waals surface area contributed by atoms with Crippen molar-refractivity contribution >= 4 is 45.3 Å². The molecule has 1 unspecified atom stereocenters. The van der Waals surface area contributed by atoms with Gasteiger partial charge in [-0.25, -0.2) is 13.8 Å². The maximum atomic E-state index is 15.4. The van der Waals surface area contributed by atoms with E-state index in [0.717, 1.165) is 4.90 Å². The Kier molecular flexibility index (Phi) is 5.72. The fourth-order valence-corrected chi connectivity index (χ4v) is 5.03. The minimum atomic E-state index is -4.71. The number of alkyl halides is 4. The Morgan fingerprint density at radius 3 is 2.53 bits per heavy atom. The molecule has 0 saturated heterocycles. The van der Waals surface area contributed by atoms with Gasteiger partial charge in [0.25, 0.3) is 5.91 Å². The van der Waals surface area contributed by atoms with Crippen molar-refractivity contribution in [3.05, 3.63) is 81.1 Å². The second-order valence-electron chi connectivity index (χ2n) is 6.78. The van der Waals surface area contributed by atoms with Crippen LogP contribution >= 0.6 is 23.1 Å². The predicted octanol–water partition coefficient (Wildman–Crippen LogP) is 6.04. The summed E-state index contributed by atoms with van der Waals surface area (Å²) in [6, 6.07) is 7.93. The van der Waals surface area contributed by atoms with Crippen LogP contribution in [0.5, 0.6) is 0 Å². The second kappa shape index (κ2) is 8.21. The highest BCUT2D eigenvalue weighted by molar-refractivity contribution is 8.09. The lowest BCUT2D eigenvalue weighted by Gasteiger charge is -2.25. The number of hydrogen-bond donors (Lipinski definition) is 1. The van der Waals surface area contributed by atoms with Crippen molar-refractivity contribution in [3.63, 3.8) is 0 Å². The van der Waals surface area contributed by atoms with Gasteiger partial charge in [-0.1, -0.05) is 23.9 Å². The topological polar surface area (TPSA) is 59.2 Å². The lowest BCUT2D eigenvalue weighted by molar-refractivity contribution is -0.137. The molecular weight excluding hydrogens is 469 g/mol. The third kappa shape index (κ3) is 3.97. The van der Waals surface area contributed by atoms with Crippen LogP contribution < -0.4 is 10.6 Å². The van der Waals surface area contributed by atoms with Gasteiger partial charge in [-0.15, -0.1) is 11.3 Å².